The number of nitrogens with one attached hydrogen (secondary N) is 2. The molecule has 0 aliphatic heterocycles. The predicted molar refractivity (Wildman–Crippen MR) is 86.2 cm³/mol. The summed E-state index contributed by atoms with van der Waals surface area (Å²) in [4.78, 5) is 11.3. The van der Waals surface area contributed by atoms with Crippen LogP contribution in [-0.2, 0) is 13.1 Å². The van der Waals surface area contributed by atoms with Gasteiger partial charge in [0.2, 0.25) is 0 Å². The van der Waals surface area contributed by atoms with Crippen LogP contribution in [0.2, 0.25) is 0 Å². The third-order valence-corrected chi connectivity index (χ3v) is 4.41. The van der Waals surface area contributed by atoms with E-state index in [4.69, 9.17) is 5.21 Å². The molecule has 3 rings (SSSR count). The van der Waals surface area contributed by atoms with E-state index >= 15 is 0 Å². The monoisotopic (exact) mass is 330 g/mol. The van der Waals surface area contributed by atoms with Gasteiger partial charge in [0.25, 0.3) is 5.91 Å². The zero-order valence-corrected chi connectivity index (χ0v) is 13.5. The highest BCUT2D eigenvalue weighted by Crippen LogP contribution is 2.27. The van der Waals surface area contributed by atoms with Crippen molar-refractivity contribution < 1.29 is 10.0 Å². The van der Waals surface area contributed by atoms with Crippen molar-refractivity contribution >= 4 is 5.91 Å². The Hall–Kier alpha value is -2.32. The van der Waals surface area contributed by atoms with Gasteiger partial charge in [-0.15, -0.1) is 5.10 Å². The fraction of sp³-hybridized carbons (Fsp3) is 0.500. The molecule has 8 heteroatoms. The van der Waals surface area contributed by atoms with Crippen LogP contribution < -0.4 is 10.8 Å². The van der Waals surface area contributed by atoms with Gasteiger partial charge in [-0.2, -0.15) is 0 Å². The van der Waals surface area contributed by atoms with E-state index in [0.29, 0.717) is 24.7 Å². The number of carbonyl (C=O) groups excluding carboxylic acids is 1. The number of carbonyl (C=O) groups is 1. The maximum atomic E-state index is 11.3. The number of hydrogen-bond acceptors (Lipinski definition) is 6. The number of amides is 1. The second kappa shape index (κ2) is 7.98. The first-order chi connectivity index (χ1) is 11.8. The Morgan fingerprint density at radius 2 is 1.92 bits per heavy atom. The molecule has 1 fully saturated rings. The Morgan fingerprint density at radius 3 is 2.62 bits per heavy atom. The van der Waals surface area contributed by atoms with E-state index in [0.717, 1.165) is 24.2 Å². The molecule has 1 saturated carbocycles. The molecule has 0 bridgehead atoms. The quantitative estimate of drug-likeness (QED) is 0.549. The Kier molecular flexibility index (Phi) is 5.50. The molecule has 8 nitrogen and oxygen atoms in total. The molecule has 1 aromatic heterocycles. The van der Waals surface area contributed by atoms with E-state index < -0.39 is 5.91 Å². The van der Waals surface area contributed by atoms with Gasteiger partial charge in [0.15, 0.2) is 5.82 Å². The minimum Gasteiger partial charge on any atom is -0.306 e. The van der Waals surface area contributed by atoms with E-state index in [1.807, 2.05) is 16.8 Å². The van der Waals surface area contributed by atoms with Crippen LogP contribution in [0.25, 0.3) is 0 Å². The molecule has 0 spiro atoms. The highest BCUT2D eigenvalue weighted by atomic mass is 16.5. The van der Waals surface area contributed by atoms with Gasteiger partial charge < -0.3 is 5.32 Å². The molecule has 2 aromatic rings. The fourth-order valence-corrected chi connectivity index (χ4v) is 3.10. The average Bonchev–Trinajstić information content (AvgIpc) is 3.11. The molecule has 24 heavy (non-hydrogen) atoms. The molecule has 1 aromatic carbocycles. The van der Waals surface area contributed by atoms with Gasteiger partial charge in [-0.25, -0.2) is 10.2 Å². The zero-order valence-electron chi connectivity index (χ0n) is 13.5. The van der Waals surface area contributed by atoms with Gasteiger partial charge in [0.05, 0.1) is 12.6 Å². The number of tetrazole rings is 1. The van der Waals surface area contributed by atoms with Crippen molar-refractivity contribution in [2.75, 3.05) is 0 Å². The summed E-state index contributed by atoms with van der Waals surface area (Å²) in [6.45, 7) is 1.25. The molecule has 128 valence electrons. The zero-order chi connectivity index (χ0) is 16.8. The SMILES string of the molecule is O=C(NO)c1ccc(CNCc2nnnn2C2CCCCC2)cc1. The minimum absolute atomic E-state index is 0.418. The first-order valence-electron chi connectivity index (χ1n) is 8.29. The second-order valence-corrected chi connectivity index (χ2v) is 6.07. The smallest absolute Gasteiger partial charge is 0.274 e. The standard InChI is InChI=1S/C16H22N6O2/c23-16(19-24)13-8-6-12(7-9-13)10-17-11-15-18-20-21-22(15)14-4-2-1-3-5-14/h6-9,14,17,24H,1-5,10-11H2,(H,19,23). The summed E-state index contributed by atoms with van der Waals surface area (Å²) in [5, 5.41) is 24.0. The van der Waals surface area contributed by atoms with Crippen molar-refractivity contribution in [3.63, 3.8) is 0 Å². The predicted octanol–water partition coefficient (Wildman–Crippen LogP) is 1.59. The summed E-state index contributed by atoms with van der Waals surface area (Å²) in [6.07, 6.45) is 6.08. The van der Waals surface area contributed by atoms with Gasteiger partial charge in [-0.05, 0) is 41.0 Å². The number of rotatable bonds is 6. The average molecular weight is 330 g/mol. The maximum absolute atomic E-state index is 11.3. The molecule has 1 amide bonds. The van der Waals surface area contributed by atoms with Gasteiger partial charge in [0, 0.05) is 12.1 Å². The number of hydroxylamine groups is 1. The lowest BCUT2D eigenvalue weighted by molar-refractivity contribution is 0.0706. The molecule has 0 radical (unpaired) electrons. The summed E-state index contributed by atoms with van der Waals surface area (Å²) < 4.78 is 1.96. The molecule has 1 aliphatic carbocycles. The van der Waals surface area contributed by atoms with E-state index in [9.17, 15) is 4.79 Å². The van der Waals surface area contributed by atoms with E-state index in [2.05, 4.69) is 20.8 Å². The summed E-state index contributed by atoms with van der Waals surface area (Å²) >= 11 is 0. The van der Waals surface area contributed by atoms with Crippen molar-refractivity contribution in [2.45, 2.75) is 51.2 Å². The molecular weight excluding hydrogens is 308 g/mol. The second-order valence-electron chi connectivity index (χ2n) is 6.07. The maximum Gasteiger partial charge on any atom is 0.274 e. The number of nitrogens with zero attached hydrogens (tertiary/aromatic N) is 4. The van der Waals surface area contributed by atoms with Gasteiger partial charge in [-0.3, -0.25) is 10.0 Å². The van der Waals surface area contributed by atoms with E-state index in [1.165, 1.54) is 19.3 Å². The van der Waals surface area contributed by atoms with Gasteiger partial charge in [-0.1, -0.05) is 31.4 Å². The van der Waals surface area contributed by atoms with E-state index in [-0.39, 0.29) is 0 Å². The number of benzene rings is 1. The number of aromatic nitrogens is 4. The summed E-state index contributed by atoms with van der Waals surface area (Å²) in [5.74, 6) is 0.347. The molecule has 0 unspecified atom stereocenters. The van der Waals surface area contributed by atoms with Crippen molar-refractivity contribution in [3.8, 4) is 0 Å². The van der Waals surface area contributed by atoms with Crippen LogP contribution in [0.4, 0.5) is 0 Å². The lowest BCUT2D eigenvalue weighted by Crippen LogP contribution is -2.22. The molecule has 1 aliphatic rings. The van der Waals surface area contributed by atoms with Crippen molar-refractivity contribution in [2.24, 2.45) is 0 Å². The largest absolute Gasteiger partial charge is 0.306 e. The lowest BCUT2D eigenvalue weighted by Gasteiger charge is -2.22. The summed E-state index contributed by atoms with van der Waals surface area (Å²) in [6, 6.07) is 7.47. The van der Waals surface area contributed by atoms with Crippen LogP contribution >= 0.6 is 0 Å². The third-order valence-electron chi connectivity index (χ3n) is 4.41. The first-order valence-corrected chi connectivity index (χ1v) is 8.29. The van der Waals surface area contributed by atoms with Crippen LogP contribution in [0.1, 0.15) is 59.9 Å². The molecule has 1 heterocycles. The van der Waals surface area contributed by atoms with E-state index in [1.54, 1.807) is 17.6 Å². The Balaban J connectivity index is 1.53. The summed E-state index contributed by atoms with van der Waals surface area (Å²) in [7, 11) is 0. The van der Waals surface area contributed by atoms with Gasteiger partial charge in [0.1, 0.15) is 0 Å². The molecule has 0 saturated heterocycles. The van der Waals surface area contributed by atoms with Crippen molar-refractivity contribution in [1.29, 1.82) is 0 Å². The van der Waals surface area contributed by atoms with Crippen LogP contribution in [0, 0.1) is 0 Å². The minimum atomic E-state index is -0.513. The van der Waals surface area contributed by atoms with Crippen LogP contribution in [-0.4, -0.2) is 31.3 Å². The third kappa shape index (κ3) is 3.95. The van der Waals surface area contributed by atoms with Crippen LogP contribution in [0.3, 0.4) is 0 Å². The fourth-order valence-electron chi connectivity index (χ4n) is 3.10. The summed E-state index contributed by atoms with van der Waals surface area (Å²) in [5.41, 5.74) is 3.08. The van der Waals surface area contributed by atoms with Gasteiger partial charge >= 0.3 is 0 Å². The normalized spacial score (nSPS) is 15.4. The Morgan fingerprint density at radius 1 is 1.17 bits per heavy atom. The van der Waals surface area contributed by atoms with Crippen LogP contribution in [0.5, 0.6) is 0 Å². The molecular formula is C16H22N6O2. The lowest BCUT2D eigenvalue weighted by atomic mass is 9.95. The van der Waals surface area contributed by atoms with Crippen molar-refractivity contribution in [3.05, 3.63) is 41.2 Å². The Labute approximate surface area is 140 Å². The highest BCUT2D eigenvalue weighted by molar-refractivity contribution is 5.93. The first kappa shape index (κ1) is 16.5. The van der Waals surface area contributed by atoms with Crippen LogP contribution in [0.15, 0.2) is 24.3 Å². The molecule has 3 N–H and O–H groups in total. The topological polar surface area (TPSA) is 105 Å². The number of hydrogen-bond donors (Lipinski definition) is 3. The Bertz CT molecular complexity index is 663. The highest BCUT2D eigenvalue weighted by Gasteiger charge is 2.19. The van der Waals surface area contributed by atoms with Crippen molar-refractivity contribution in [1.82, 2.24) is 31.0 Å². The molecule has 0 atom stereocenters.